The van der Waals surface area contributed by atoms with Crippen LogP contribution in [0.15, 0.2) is 18.2 Å². The zero-order valence-corrected chi connectivity index (χ0v) is 13.3. The van der Waals surface area contributed by atoms with E-state index in [-0.39, 0.29) is 17.7 Å². The summed E-state index contributed by atoms with van der Waals surface area (Å²) in [5, 5.41) is 3.17. The van der Waals surface area contributed by atoms with Crippen LogP contribution in [0.5, 0.6) is 5.75 Å². The average Bonchev–Trinajstić information content (AvgIpc) is 2.43. The molecule has 1 saturated heterocycles. The third kappa shape index (κ3) is 2.83. The van der Waals surface area contributed by atoms with Crippen molar-refractivity contribution in [3.63, 3.8) is 0 Å². The lowest BCUT2D eigenvalue weighted by Crippen LogP contribution is -2.64. The van der Waals surface area contributed by atoms with Crippen LogP contribution in [0.3, 0.4) is 0 Å². The Bertz CT molecular complexity index is 574. The molecule has 1 aromatic carbocycles. The summed E-state index contributed by atoms with van der Waals surface area (Å²) in [6, 6.07) is 3.97. The number of nitrogens with one attached hydrogen (secondary N) is 1. The van der Waals surface area contributed by atoms with Crippen LogP contribution in [0.1, 0.15) is 20.8 Å². The van der Waals surface area contributed by atoms with Crippen LogP contribution in [-0.2, 0) is 9.59 Å². The maximum Gasteiger partial charge on any atom is 0.250 e. The lowest BCUT2D eigenvalue weighted by atomic mass is 9.98. The standard InChI is InChI=1S/C15H19ClN2O3/c1-8(2)13-15(20)18(9(3)14(19)17-13)10-5-6-12(21-4)11(16)7-10/h5-9,13H,1-4H3,(H,17,19). The summed E-state index contributed by atoms with van der Waals surface area (Å²) in [5.74, 6) is 0.256. The number of amides is 2. The van der Waals surface area contributed by atoms with Gasteiger partial charge < -0.3 is 10.1 Å². The van der Waals surface area contributed by atoms with Crippen LogP contribution < -0.4 is 15.0 Å². The summed E-state index contributed by atoms with van der Waals surface area (Å²) in [7, 11) is 1.53. The van der Waals surface area contributed by atoms with Crippen molar-refractivity contribution < 1.29 is 14.3 Å². The lowest BCUT2D eigenvalue weighted by Gasteiger charge is -2.38. The van der Waals surface area contributed by atoms with Crippen LogP contribution >= 0.6 is 11.6 Å². The molecule has 2 atom stereocenters. The number of rotatable bonds is 3. The van der Waals surface area contributed by atoms with Crippen LogP contribution in [0.4, 0.5) is 5.69 Å². The molecular weight excluding hydrogens is 292 g/mol. The predicted molar refractivity (Wildman–Crippen MR) is 81.7 cm³/mol. The van der Waals surface area contributed by atoms with Crippen molar-refractivity contribution in [1.29, 1.82) is 0 Å². The zero-order chi connectivity index (χ0) is 15.7. The Kier molecular flexibility index (Phi) is 4.42. The average molecular weight is 311 g/mol. The summed E-state index contributed by atoms with van der Waals surface area (Å²) in [5.41, 5.74) is 0.596. The van der Waals surface area contributed by atoms with Crippen LogP contribution in [0.25, 0.3) is 0 Å². The van der Waals surface area contributed by atoms with Crippen LogP contribution in [-0.4, -0.2) is 31.0 Å². The van der Waals surface area contributed by atoms with Crippen molar-refractivity contribution in [1.82, 2.24) is 5.32 Å². The lowest BCUT2D eigenvalue weighted by molar-refractivity contribution is -0.134. The highest BCUT2D eigenvalue weighted by molar-refractivity contribution is 6.32. The van der Waals surface area contributed by atoms with Gasteiger partial charge in [0, 0.05) is 5.69 Å². The van der Waals surface area contributed by atoms with Crippen molar-refractivity contribution in [2.45, 2.75) is 32.9 Å². The van der Waals surface area contributed by atoms with E-state index in [1.54, 1.807) is 25.1 Å². The molecule has 1 N–H and O–H groups in total. The Morgan fingerprint density at radius 1 is 1.33 bits per heavy atom. The van der Waals surface area contributed by atoms with E-state index in [1.807, 2.05) is 13.8 Å². The van der Waals surface area contributed by atoms with E-state index in [4.69, 9.17) is 16.3 Å². The highest BCUT2D eigenvalue weighted by Crippen LogP contribution is 2.31. The number of hydrogen-bond acceptors (Lipinski definition) is 3. The molecule has 0 bridgehead atoms. The van der Waals surface area contributed by atoms with Gasteiger partial charge in [-0.05, 0) is 31.0 Å². The summed E-state index contributed by atoms with van der Waals surface area (Å²) in [4.78, 5) is 26.2. The van der Waals surface area contributed by atoms with Crippen molar-refractivity contribution in [2.75, 3.05) is 12.0 Å². The van der Waals surface area contributed by atoms with Gasteiger partial charge in [-0.1, -0.05) is 25.4 Å². The van der Waals surface area contributed by atoms with Crippen molar-refractivity contribution in [3.8, 4) is 5.75 Å². The third-order valence-corrected chi connectivity index (χ3v) is 3.94. The van der Waals surface area contributed by atoms with Crippen LogP contribution in [0.2, 0.25) is 5.02 Å². The van der Waals surface area contributed by atoms with E-state index in [9.17, 15) is 9.59 Å². The maximum atomic E-state index is 12.6. The molecule has 0 aromatic heterocycles. The fraction of sp³-hybridized carbons (Fsp3) is 0.467. The van der Waals surface area contributed by atoms with Gasteiger partial charge in [-0.3, -0.25) is 14.5 Å². The number of carbonyl (C=O) groups excluding carboxylic acids is 2. The van der Waals surface area contributed by atoms with Gasteiger partial charge in [-0.15, -0.1) is 0 Å². The molecule has 21 heavy (non-hydrogen) atoms. The Hall–Kier alpha value is -1.75. The van der Waals surface area contributed by atoms with Gasteiger partial charge in [-0.2, -0.15) is 0 Å². The third-order valence-electron chi connectivity index (χ3n) is 3.65. The molecule has 2 rings (SSSR count). The van der Waals surface area contributed by atoms with Crippen molar-refractivity contribution in [3.05, 3.63) is 23.2 Å². The molecular formula is C15H19ClN2O3. The number of piperazine rings is 1. The molecule has 6 heteroatoms. The number of halogens is 1. The number of hydrogen-bond donors (Lipinski definition) is 1. The number of anilines is 1. The second kappa shape index (κ2) is 5.93. The summed E-state index contributed by atoms with van der Waals surface area (Å²) in [6.07, 6.45) is 0. The topological polar surface area (TPSA) is 58.6 Å². The second-order valence-corrected chi connectivity index (χ2v) is 5.84. The molecule has 0 aliphatic carbocycles. The minimum Gasteiger partial charge on any atom is -0.495 e. The van der Waals surface area contributed by atoms with E-state index in [1.165, 1.54) is 12.0 Å². The maximum absolute atomic E-state index is 12.6. The smallest absolute Gasteiger partial charge is 0.250 e. The van der Waals surface area contributed by atoms with Gasteiger partial charge in [0.05, 0.1) is 12.1 Å². The van der Waals surface area contributed by atoms with Crippen molar-refractivity contribution in [2.24, 2.45) is 5.92 Å². The molecule has 1 aliphatic heterocycles. The number of methoxy groups -OCH3 is 1. The van der Waals surface area contributed by atoms with E-state index in [2.05, 4.69) is 5.32 Å². The van der Waals surface area contributed by atoms with Gasteiger partial charge in [0.15, 0.2) is 0 Å². The van der Waals surface area contributed by atoms with Crippen LogP contribution in [0, 0.1) is 5.92 Å². The molecule has 1 heterocycles. The number of benzene rings is 1. The van der Waals surface area contributed by atoms with Gasteiger partial charge in [-0.25, -0.2) is 0 Å². The first-order valence-electron chi connectivity index (χ1n) is 6.83. The summed E-state index contributed by atoms with van der Waals surface area (Å²) >= 11 is 6.12. The molecule has 1 fully saturated rings. The molecule has 1 aromatic rings. The predicted octanol–water partition coefficient (Wildman–Crippen LogP) is 2.22. The SMILES string of the molecule is COc1ccc(N2C(=O)C(C(C)C)NC(=O)C2C)cc1Cl. The first-order chi connectivity index (χ1) is 9.86. The molecule has 0 saturated carbocycles. The highest BCUT2D eigenvalue weighted by atomic mass is 35.5. The number of nitrogens with zero attached hydrogens (tertiary/aromatic N) is 1. The quantitative estimate of drug-likeness (QED) is 0.931. The Labute approximate surface area is 129 Å². The molecule has 1 aliphatic rings. The minimum absolute atomic E-state index is 0.0187. The van der Waals surface area contributed by atoms with Gasteiger partial charge in [0.1, 0.15) is 17.8 Å². The summed E-state index contributed by atoms with van der Waals surface area (Å²) in [6.45, 7) is 5.50. The number of carbonyl (C=O) groups is 2. The highest BCUT2D eigenvalue weighted by Gasteiger charge is 2.40. The van der Waals surface area contributed by atoms with Gasteiger partial charge in [0.2, 0.25) is 5.91 Å². The van der Waals surface area contributed by atoms with Crippen molar-refractivity contribution >= 4 is 29.1 Å². The normalized spacial score (nSPS) is 22.5. The Morgan fingerprint density at radius 2 is 2.00 bits per heavy atom. The fourth-order valence-corrected chi connectivity index (χ4v) is 2.65. The molecule has 0 radical (unpaired) electrons. The molecule has 2 amide bonds. The van der Waals surface area contributed by atoms with E-state index in [0.29, 0.717) is 16.5 Å². The monoisotopic (exact) mass is 310 g/mol. The van der Waals surface area contributed by atoms with E-state index in [0.717, 1.165) is 0 Å². The van der Waals surface area contributed by atoms with E-state index >= 15 is 0 Å². The number of ether oxygens (including phenoxy) is 1. The molecule has 2 unspecified atom stereocenters. The van der Waals surface area contributed by atoms with Gasteiger partial charge >= 0.3 is 0 Å². The second-order valence-electron chi connectivity index (χ2n) is 5.43. The first-order valence-corrected chi connectivity index (χ1v) is 7.21. The zero-order valence-electron chi connectivity index (χ0n) is 12.5. The molecule has 5 nitrogen and oxygen atoms in total. The minimum atomic E-state index is -0.572. The largest absolute Gasteiger partial charge is 0.495 e. The van der Waals surface area contributed by atoms with Gasteiger partial charge in [0.25, 0.3) is 5.91 Å². The first kappa shape index (κ1) is 15.6. The summed E-state index contributed by atoms with van der Waals surface area (Å²) < 4.78 is 5.11. The Balaban J connectivity index is 2.41. The Morgan fingerprint density at radius 3 is 2.52 bits per heavy atom. The fourth-order valence-electron chi connectivity index (χ4n) is 2.40. The van der Waals surface area contributed by atoms with E-state index < -0.39 is 12.1 Å². The molecule has 0 spiro atoms. The molecule has 114 valence electrons.